The number of rotatable bonds is 2. The molecule has 0 atom stereocenters. The van der Waals surface area contributed by atoms with Gasteiger partial charge in [-0.15, -0.1) is 0 Å². The van der Waals surface area contributed by atoms with E-state index in [2.05, 4.69) is 5.32 Å². The van der Waals surface area contributed by atoms with Crippen molar-refractivity contribution in [3.05, 3.63) is 0 Å². The second-order valence-corrected chi connectivity index (χ2v) is 3.98. The molecule has 0 aromatic rings. The summed E-state index contributed by atoms with van der Waals surface area (Å²) in [6.07, 6.45) is 1.84. The van der Waals surface area contributed by atoms with E-state index in [4.69, 9.17) is 4.74 Å². The Morgan fingerprint density at radius 2 is 2.00 bits per heavy atom. The van der Waals surface area contributed by atoms with Crippen LogP contribution in [0.15, 0.2) is 0 Å². The number of hydrogen-bond acceptors (Lipinski definition) is 3. The van der Waals surface area contributed by atoms with Gasteiger partial charge in [-0.05, 0) is 33.7 Å². The fourth-order valence-electron chi connectivity index (χ4n) is 1.63. The van der Waals surface area contributed by atoms with Crippen molar-refractivity contribution in [3.63, 3.8) is 0 Å². The molecule has 0 spiro atoms. The predicted octanol–water partition coefficient (Wildman–Crippen LogP) is 1.22. The monoisotopic (exact) mass is 200 g/mol. The van der Waals surface area contributed by atoms with Crippen molar-refractivity contribution in [2.45, 2.75) is 38.8 Å². The largest absolute Gasteiger partial charge is 0.447 e. The third-order valence-corrected chi connectivity index (χ3v) is 2.50. The number of piperidine rings is 1. The van der Waals surface area contributed by atoms with Gasteiger partial charge in [0.2, 0.25) is 0 Å². The van der Waals surface area contributed by atoms with Gasteiger partial charge in [0.25, 0.3) is 0 Å². The smallest absolute Gasteiger partial charge is 0.410 e. The molecule has 1 amide bonds. The van der Waals surface area contributed by atoms with E-state index in [-0.39, 0.29) is 12.2 Å². The molecule has 1 fully saturated rings. The quantitative estimate of drug-likeness (QED) is 0.728. The van der Waals surface area contributed by atoms with Gasteiger partial charge in [-0.25, -0.2) is 4.79 Å². The summed E-state index contributed by atoms with van der Waals surface area (Å²) >= 11 is 0. The van der Waals surface area contributed by atoms with Crippen molar-refractivity contribution < 1.29 is 9.53 Å². The Kier molecular flexibility index (Phi) is 4.20. The highest BCUT2D eigenvalue weighted by Crippen LogP contribution is 2.11. The van der Waals surface area contributed by atoms with Crippen LogP contribution in [0.1, 0.15) is 26.7 Å². The third kappa shape index (κ3) is 3.18. The standard InChI is InChI=1S/C10H20N2O2/c1-8(2)14-10(13)12-6-4-9(11-3)5-7-12/h8-9,11H,4-7H2,1-3H3. The van der Waals surface area contributed by atoms with E-state index in [0.717, 1.165) is 25.9 Å². The molecule has 1 saturated heterocycles. The maximum absolute atomic E-state index is 11.5. The second-order valence-electron chi connectivity index (χ2n) is 3.98. The van der Waals surface area contributed by atoms with Gasteiger partial charge in [0.15, 0.2) is 0 Å². The van der Waals surface area contributed by atoms with Crippen molar-refractivity contribution in [1.29, 1.82) is 0 Å². The van der Waals surface area contributed by atoms with Gasteiger partial charge in [-0.3, -0.25) is 0 Å². The average molecular weight is 200 g/mol. The molecular weight excluding hydrogens is 180 g/mol. The number of hydrogen-bond donors (Lipinski definition) is 1. The number of nitrogens with zero attached hydrogens (tertiary/aromatic N) is 1. The lowest BCUT2D eigenvalue weighted by Crippen LogP contribution is -2.44. The van der Waals surface area contributed by atoms with Gasteiger partial charge in [-0.1, -0.05) is 0 Å². The molecule has 0 radical (unpaired) electrons. The molecule has 1 N–H and O–H groups in total. The first-order valence-electron chi connectivity index (χ1n) is 5.26. The van der Waals surface area contributed by atoms with E-state index in [1.807, 2.05) is 20.9 Å². The fraction of sp³-hybridized carbons (Fsp3) is 0.900. The van der Waals surface area contributed by atoms with E-state index < -0.39 is 0 Å². The second kappa shape index (κ2) is 5.20. The topological polar surface area (TPSA) is 41.6 Å². The number of likely N-dealkylation sites (tertiary alicyclic amines) is 1. The van der Waals surface area contributed by atoms with Crippen molar-refractivity contribution in [1.82, 2.24) is 10.2 Å². The zero-order valence-corrected chi connectivity index (χ0v) is 9.25. The van der Waals surface area contributed by atoms with Crippen LogP contribution in [-0.2, 0) is 4.74 Å². The summed E-state index contributed by atoms with van der Waals surface area (Å²) in [7, 11) is 1.97. The number of carbonyl (C=O) groups excluding carboxylic acids is 1. The van der Waals surface area contributed by atoms with E-state index in [1.54, 1.807) is 4.90 Å². The maximum Gasteiger partial charge on any atom is 0.410 e. The fourth-order valence-corrected chi connectivity index (χ4v) is 1.63. The molecule has 0 aromatic heterocycles. The molecule has 82 valence electrons. The lowest BCUT2D eigenvalue weighted by atomic mass is 10.1. The van der Waals surface area contributed by atoms with E-state index in [0.29, 0.717) is 6.04 Å². The summed E-state index contributed by atoms with van der Waals surface area (Å²) in [6, 6.07) is 0.554. The Balaban J connectivity index is 2.30. The Hall–Kier alpha value is -0.770. The van der Waals surface area contributed by atoms with Crippen LogP contribution in [0.25, 0.3) is 0 Å². The van der Waals surface area contributed by atoms with E-state index in [9.17, 15) is 4.79 Å². The van der Waals surface area contributed by atoms with Crippen LogP contribution < -0.4 is 5.32 Å². The highest BCUT2D eigenvalue weighted by Gasteiger charge is 2.22. The summed E-state index contributed by atoms with van der Waals surface area (Å²) in [6.45, 7) is 5.35. The van der Waals surface area contributed by atoms with Crippen molar-refractivity contribution in [3.8, 4) is 0 Å². The Morgan fingerprint density at radius 3 is 2.43 bits per heavy atom. The van der Waals surface area contributed by atoms with Crippen LogP contribution in [-0.4, -0.2) is 43.3 Å². The van der Waals surface area contributed by atoms with Gasteiger partial charge < -0.3 is 15.0 Å². The van der Waals surface area contributed by atoms with Gasteiger partial charge in [0.1, 0.15) is 0 Å². The highest BCUT2D eigenvalue weighted by molar-refractivity contribution is 5.67. The van der Waals surface area contributed by atoms with Gasteiger partial charge >= 0.3 is 6.09 Å². The van der Waals surface area contributed by atoms with Crippen molar-refractivity contribution in [2.75, 3.05) is 20.1 Å². The molecular formula is C10H20N2O2. The lowest BCUT2D eigenvalue weighted by molar-refractivity contribution is 0.0682. The van der Waals surface area contributed by atoms with Crippen LogP contribution >= 0.6 is 0 Å². The minimum atomic E-state index is -0.172. The van der Waals surface area contributed by atoms with Gasteiger partial charge in [0.05, 0.1) is 6.10 Å². The summed E-state index contributed by atoms with van der Waals surface area (Å²) in [4.78, 5) is 13.3. The number of nitrogens with one attached hydrogen (secondary N) is 1. The normalized spacial score (nSPS) is 18.7. The number of carbonyl (C=O) groups is 1. The average Bonchev–Trinajstić information content (AvgIpc) is 2.17. The molecule has 0 aliphatic carbocycles. The number of ether oxygens (including phenoxy) is 1. The van der Waals surface area contributed by atoms with Crippen molar-refractivity contribution in [2.24, 2.45) is 0 Å². The molecule has 0 saturated carbocycles. The third-order valence-electron chi connectivity index (χ3n) is 2.50. The Labute approximate surface area is 85.6 Å². The maximum atomic E-state index is 11.5. The first kappa shape index (κ1) is 11.3. The predicted molar refractivity (Wildman–Crippen MR) is 55.3 cm³/mol. The van der Waals surface area contributed by atoms with Gasteiger partial charge in [-0.2, -0.15) is 0 Å². The Bertz CT molecular complexity index is 187. The first-order chi connectivity index (χ1) is 6.63. The van der Waals surface area contributed by atoms with Crippen molar-refractivity contribution >= 4 is 6.09 Å². The molecule has 0 unspecified atom stereocenters. The highest BCUT2D eigenvalue weighted by atomic mass is 16.6. The Morgan fingerprint density at radius 1 is 1.43 bits per heavy atom. The molecule has 4 heteroatoms. The minimum Gasteiger partial charge on any atom is -0.447 e. The molecule has 1 aliphatic rings. The van der Waals surface area contributed by atoms with Gasteiger partial charge in [0, 0.05) is 19.1 Å². The van der Waals surface area contributed by atoms with Crippen LogP contribution in [0.4, 0.5) is 4.79 Å². The molecule has 14 heavy (non-hydrogen) atoms. The molecule has 1 heterocycles. The molecule has 1 aliphatic heterocycles. The molecule has 4 nitrogen and oxygen atoms in total. The van der Waals surface area contributed by atoms with Crippen LogP contribution in [0.3, 0.4) is 0 Å². The molecule has 0 aromatic carbocycles. The lowest BCUT2D eigenvalue weighted by Gasteiger charge is -2.31. The SMILES string of the molecule is CNC1CCN(C(=O)OC(C)C)CC1. The first-order valence-corrected chi connectivity index (χ1v) is 5.26. The van der Waals surface area contributed by atoms with E-state index >= 15 is 0 Å². The van der Waals surface area contributed by atoms with Crippen LogP contribution in [0.2, 0.25) is 0 Å². The van der Waals surface area contributed by atoms with E-state index in [1.165, 1.54) is 0 Å². The summed E-state index contributed by atoms with van der Waals surface area (Å²) in [5.74, 6) is 0. The zero-order chi connectivity index (χ0) is 10.6. The zero-order valence-electron chi connectivity index (χ0n) is 9.25. The van der Waals surface area contributed by atoms with Crippen LogP contribution in [0, 0.1) is 0 Å². The van der Waals surface area contributed by atoms with Crippen LogP contribution in [0.5, 0.6) is 0 Å². The summed E-state index contributed by atoms with van der Waals surface area (Å²) in [5.41, 5.74) is 0. The molecule has 1 rings (SSSR count). The summed E-state index contributed by atoms with van der Waals surface area (Å²) in [5, 5.41) is 3.23. The number of amides is 1. The summed E-state index contributed by atoms with van der Waals surface area (Å²) < 4.78 is 5.13. The minimum absolute atomic E-state index is 0.0236. The molecule has 0 bridgehead atoms.